The van der Waals surface area contributed by atoms with Crippen molar-refractivity contribution in [1.29, 1.82) is 0 Å². The van der Waals surface area contributed by atoms with Crippen LogP contribution in [0.25, 0.3) is 0 Å². The molecular formula is C14H24N2O2. The molecule has 0 bridgehead atoms. The first-order chi connectivity index (χ1) is 8.63. The fourth-order valence-corrected chi connectivity index (χ4v) is 2.17. The van der Waals surface area contributed by atoms with E-state index in [9.17, 15) is 0 Å². The van der Waals surface area contributed by atoms with Crippen LogP contribution in [-0.2, 0) is 6.54 Å². The second kappa shape index (κ2) is 7.34. The Morgan fingerprint density at radius 2 is 2.06 bits per heavy atom. The minimum absolute atomic E-state index is 0.183. The van der Waals surface area contributed by atoms with E-state index in [0.29, 0.717) is 6.54 Å². The van der Waals surface area contributed by atoms with Crippen LogP contribution in [0.1, 0.15) is 30.2 Å². The van der Waals surface area contributed by atoms with Gasteiger partial charge in [0.25, 0.3) is 0 Å². The molecule has 4 heteroatoms. The summed E-state index contributed by atoms with van der Waals surface area (Å²) >= 11 is 0. The summed E-state index contributed by atoms with van der Waals surface area (Å²) in [6, 6.07) is 0. The second-order valence-electron chi connectivity index (χ2n) is 4.55. The summed E-state index contributed by atoms with van der Waals surface area (Å²) in [5, 5.41) is 9.07. The summed E-state index contributed by atoms with van der Waals surface area (Å²) in [6.45, 7) is 8.78. The van der Waals surface area contributed by atoms with Gasteiger partial charge in [0.2, 0.25) is 0 Å². The fraction of sp³-hybridized carbons (Fsp3) is 0.643. The van der Waals surface area contributed by atoms with Crippen molar-refractivity contribution in [2.75, 3.05) is 26.8 Å². The number of ether oxygens (including phenoxy) is 1. The third-order valence-electron chi connectivity index (χ3n) is 3.08. The number of methoxy groups -OCH3 is 1. The Hall–Kier alpha value is -1.13. The van der Waals surface area contributed by atoms with E-state index in [4.69, 9.17) is 9.84 Å². The average molecular weight is 252 g/mol. The maximum absolute atomic E-state index is 9.07. The summed E-state index contributed by atoms with van der Waals surface area (Å²) in [6.07, 6.45) is 2.92. The largest absolute Gasteiger partial charge is 0.496 e. The highest BCUT2D eigenvalue weighted by Crippen LogP contribution is 2.24. The van der Waals surface area contributed by atoms with Crippen LogP contribution in [0.4, 0.5) is 0 Å². The Morgan fingerprint density at radius 1 is 1.33 bits per heavy atom. The smallest absolute Gasteiger partial charge is 0.128 e. The molecule has 0 atom stereocenters. The van der Waals surface area contributed by atoms with Crippen molar-refractivity contribution in [2.24, 2.45) is 0 Å². The van der Waals surface area contributed by atoms with Crippen molar-refractivity contribution >= 4 is 0 Å². The van der Waals surface area contributed by atoms with Gasteiger partial charge in [-0.2, -0.15) is 0 Å². The van der Waals surface area contributed by atoms with Crippen molar-refractivity contribution in [2.45, 2.75) is 33.7 Å². The minimum atomic E-state index is 0.183. The van der Waals surface area contributed by atoms with Crippen molar-refractivity contribution < 1.29 is 9.84 Å². The van der Waals surface area contributed by atoms with E-state index in [1.165, 1.54) is 0 Å². The number of hydrogen-bond donors (Lipinski definition) is 1. The van der Waals surface area contributed by atoms with E-state index in [-0.39, 0.29) is 6.61 Å². The van der Waals surface area contributed by atoms with Gasteiger partial charge in [0.15, 0.2) is 0 Å². The molecule has 0 spiro atoms. The highest BCUT2D eigenvalue weighted by molar-refractivity contribution is 5.40. The molecule has 0 aliphatic rings. The van der Waals surface area contributed by atoms with Gasteiger partial charge in [-0.3, -0.25) is 9.88 Å². The molecule has 1 N–H and O–H groups in total. The average Bonchev–Trinajstić information content (AvgIpc) is 2.34. The normalized spacial score (nSPS) is 11.0. The number of nitrogens with zero attached hydrogens (tertiary/aromatic N) is 2. The summed E-state index contributed by atoms with van der Waals surface area (Å²) in [5.74, 6) is 0.917. The van der Waals surface area contributed by atoms with Crippen molar-refractivity contribution in [3.05, 3.63) is 23.0 Å². The van der Waals surface area contributed by atoms with Crippen LogP contribution in [0.15, 0.2) is 6.20 Å². The maximum Gasteiger partial charge on any atom is 0.128 e. The van der Waals surface area contributed by atoms with Gasteiger partial charge in [-0.25, -0.2) is 0 Å². The summed E-state index contributed by atoms with van der Waals surface area (Å²) in [5.41, 5.74) is 3.18. The van der Waals surface area contributed by atoms with E-state index in [0.717, 1.165) is 42.1 Å². The van der Waals surface area contributed by atoms with Gasteiger partial charge in [-0.05, 0) is 26.8 Å². The molecule has 1 rings (SSSR count). The van der Waals surface area contributed by atoms with Crippen LogP contribution in [0.2, 0.25) is 0 Å². The van der Waals surface area contributed by atoms with Crippen molar-refractivity contribution in [1.82, 2.24) is 9.88 Å². The molecule has 1 heterocycles. The molecule has 0 fully saturated rings. The second-order valence-corrected chi connectivity index (χ2v) is 4.55. The monoisotopic (exact) mass is 252 g/mol. The lowest BCUT2D eigenvalue weighted by atomic mass is 10.1. The zero-order chi connectivity index (χ0) is 13.5. The molecule has 0 saturated heterocycles. The molecule has 0 amide bonds. The summed E-state index contributed by atoms with van der Waals surface area (Å²) in [7, 11) is 1.69. The topological polar surface area (TPSA) is 45.6 Å². The molecule has 0 aliphatic heterocycles. The van der Waals surface area contributed by atoms with Gasteiger partial charge in [-0.1, -0.05) is 6.92 Å². The maximum atomic E-state index is 9.07. The molecule has 4 nitrogen and oxygen atoms in total. The number of aryl methyl sites for hydroxylation is 1. The third kappa shape index (κ3) is 3.68. The number of aliphatic hydroxyl groups is 1. The van der Waals surface area contributed by atoms with Crippen LogP contribution < -0.4 is 4.74 Å². The van der Waals surface area contributed by atoms with Gasteiger partial charge in [0.05, 0.1) is 19.4 Å². The van der Waals surface area contributed by atoms with Gasteiger partial charge in [0.1, 0.15) is 5.75 Å². The lowest BCUT2D eigenvalue weighted by Crippen LogP contribution is -2.28. The van der Waals surface area contributed by atoms with E-state index < -0.39 is 0 Å². The molecule has 0 aliphatic carbocycles. The van der Waals surface area contributed by atoms with Crippen LogP contribution >= 0.6 is 0 Å². The lowest BCUT2D eigenvalue weighted by Gasteiger charge is -2.22. The Labute approximate surface area is 110 Å². The van der Waals surface area contributed by atoms with Crippen molar-refractivity contribution in [3.8, 4) is 5.75 Å². The standard InChI is InChI=1S/C14H24N2O2/c1-5-6-16(7-8-17)10-13-12(3)14(18-4)11(2)9-15-13/h9,17H,5-8,10H2,1-4H3. The molecule has 0 saturated carbocycles. The molecule has 102 valence electrons. The van der Waals surface area contributed by atoms with Gasteiger partial charge in [0, 0.05) is 30.4 Å². The van der Waals surface area contributed by atoms with Crippen LogP contribution in [0.5, 0.6) is 5.75 Å². The number of rotatable bonds is 7. The Balaban J connectivity index is 2.88. The summed E-state index contributed by atoms with van der Waals surface area (Å²) in [4.78, 5) is 6.70. The van der Waals surface area contributed by atoms with E-state index in [2.05, 4.69) is 16.8 Å². The predicted octanol–water partition coefficient (Wildman–Crippen LogP) is 1.91. The SMILES string of the molecule is CCCN(CCO)Cc1ncc(C)c(OC)c1C. The Bertz CT molecular complexity index is 374. The van der Waals surface area contributed by atoms with Crippen molar-refractivity contribution in [3.63, 3.8) is 0 Å². The zero-order valence-corrected chi connectivity index (χ0v) is 11.9. The fourth-order valence-electron chi connectivity index (χ4n) is 2.17. The number of pyridine rings is 1. The van der Waals surface area contributed by atoms with Crippen LogP contribution in [0.3, 0.4) is 0 Å². The lowest BCUT2D eigenvalue weighted by molar-refractivity contribution is 0.188. The predicted molar refractivity (Wildman–Crippen MR) is 72.9 cm³/mol. The number of aromatic nitrogens is 1. The third-order valence-corrected chi connectivity index (χ3v) is 3.08. The van der Waals surface area contributed by atoms with Gasteiger partial charge >= 0.3 is 0 Å². The Kier molecular flexibility index (Phi) is 6.09. The van der Waals surface area contributed by atoms with E-state index in [1.807, 2.05) is 20.0 Å². The summed E-state index contributed by atoms with van der Waals surface area (Å²) < 4.78 is 5.41. The van der Waals surface area contributed by atoms with Crippen LogP contribution in [0, 0.1) is 13.8 Å². The first-order valence-corrected chi connectivity index (χ1v) is 6.46. The van der Waals surface area contributed by atoms with E-state index >= 15 is 0 Å². The van der Waals surface area contributed by atoms with Gasteiger partial charge < -0.3 is 9.84 Å². The number of hydrogen-bond acceptors (Lipinski definition) is 4. The molecular weight excluding hydrogens is 228 g/mol. The minimum Gasteiger partial charge on any atom is -0.496 e. The molecule has 1 aromatic rings. The number of aliphatic hydroxyl groups excluding tert-OH is 1. The van der Waals surface area contributed by atoms with Gasteiger partial charge in [-0.15, -0.1) is 0 Å². The molecule has 0 aromatic carbocycles. The van der Waals surface area contributed by atoms with Crippen LogP contribution in [-0.4, -0.2) is 41.8 Å². The molecule has 0 unspecified atom stereocenters. The first kappa shape index (κ1) is 14.9. The zero-order valence-electron chi connectivity index (χ0n) is 11.9. The highest BCUT2D eigenvalue weighted by Gasteiger charge is 2.12. The quantitative estimate of drug-likeness (QED) is 0.805. The van der Waals surface area contributed by atoms with E-state index in [1.54, 1.807) is 7.11 Å². The molecule has 1 aromatic heterocycles. The highest BCUT2D eigenvalue weighted by atomic mass is 16.5. The first-order valence-electron chi connectivity index (χ1n) is 6.46. The molecule has 18 heavy (non-hydrogen) atoms. The molecule has 0 radical (unpaired) electrons. The Morgan fingerprint density at radius 3 is 2.61 bits per heavy atom.